The highest BCUT2D eigenvalue weighted by Gasteiger charge is 2.28. The van der Waals surface area contributed by atoms with Crippen LogP contribution in [0.1, 0.15) is 24.9 Å². The zero-order valence-corrected chi connectivity index (χ0v) is 11.9. The molecule has 0 fully saturated rings. The van der Waals surface area contributed by atoms with E-state index in [0.717, 1.165) is 5.56 Å². The van der Waals surface area contributed by atoms with Gasteiger partial charge in [-0.1, -0.05) is 49.4 Å². The number of nitrogens with one attached hydrogen (secondary N) is 1. The minimum absolute atomic E-state index is 0.160. The molecule has 4 N–H and O–H groups in total. The van der Waals surface area contributed by atoms with Crippen LogP contribution in [0.4, 0.5) is 0 Å². The maximum atomic E-state index is 12.2. The van der Waals surface area contributed by atoms with Gasteiger partial charge in [-0.15, -0.1) is 0 Å². The maximum Gasteiger partial charge on any atom is 0.310 e. The first-order chi connectivity index (χ1) is 9.99. The summed E-state index contributed by atoms with van der Waals surface area (Å²) in [4.78, 5) is 23.1. The number of carbonyl (C=O) groups is 2. The number of aliphatic carboxylic acids is 1. The predicted octanol–water partition coefficient (Wildman–Crippen LogP) is 1.47. The van der Waals surface area contributed by atoms with Crippen LogP contribution in [0.2, 0.25) is 0 Å². The topological polar surface area (TPSA) is 92.4 Å². The quantitative estimate of drug-likeness (QED) is 0.715. The standard InChI is InChI=1S/C16H20N2O3/c1-10(14(17)11-5-3-2-4-6-11)15(19)18-13-8-7-12(9-13)16(20)21/h2-8,10,12-14H,9,17H2,1H3,(H,18,19)(H,20,21). The molecule has 0 saturated heterocycles. The maximum absolute atomic E-state index is 12.2. The number of hydrogen-bond acceptors (Lipinski definition) is 3. The lowest BCUT2D eigenvalue weighted by atomic mass is 9.94. The number of carbonyl (C=O) groups excluding carboxylic acids is 1. The average Bonchev–Trinajstić information content (AvgIpc) is 2.95. The van der Waals surface area contributed by atoms with Gasteiger partial charge in [-0.3, -0.25) is 9.59 Å². The van der Waals surface area contributed by atoms with Crippen molar-refractivity contribution in [3.63, 3.8) is 0 Å². The molecule has 1 aromatic rings. The van der Waals surface area contributed by atoms with Crippen LogP contribution in [0, 0.1) is 11.8 Å². The number of amides is 1. The van der Waals surface area contributed by atoms with Gasteiger partial charge in [0, 0.05) is 12.1 Å². The van der Waals surface area contributed by atoms with Gasteiger partial charge in [0.25, 0.3) is 0 Å². The van der Waals surface area contributed by atoms with Crippen molar-refractivity contribution >= 4 is 11.9 Å². The van der Waals surface area contributed by atoms with Crippen LogP contribution in [0.25, 0.3) is 0 Å². The van der Waals surface area contributed by atoms with Gasteiger partial charge in [0.1, 0.15) is 0 Å². The second-order valence-corrected chi connectivity index (χ2v) is 5.41. The molecule has 0 radical (unpaired) electrons. The van der Waals surface area contributed by atoms with E-state index in [2.05, 4.69) is 5.32 Å². The molecule has 1 amide bonds. The number of benzene rings is 1. The van der Waals surface area contributed by atoms with Crippen LogP contribution >= 0.6 is 0 Å². The molecule has 0 saturated carbocycles. The van der Waals surface area contributed by atoms with Gasteiger partial charge in [-0.25, -0.2) is 0 Å². The first-order valence-corrected chi connectivity index (χ1v) is 7.01. The van der Waals surface area contributed by atoms with Gasteiger partial charge in [0.2, 0.25) is 5.91 Å². The summed E-state index contributed by atoms with van der Waals surface area (Å²) in [7, 11) is 0. The van der Waals surface area contributed by atoms with Gasteiger partial charge in [-0.2, -0.15) is 0 Å². The molecule has 1 aliphatic rings. The fourth-order valence-corrected chi connectivity index (χ4v) is 2.43. The van der Waals surface area contributed by atoms with Gasteiger partial charge < -0.3 is 16.2 Å². The fourth-order valence-electron chi connectivity index (χ4n) is 2.43. The molecular weight excluding hydrogens is 268 g/mol. The molecule has 21 heavy (non-hydrogen) atoms. The Morgan fingerprint density at radius 3 is 2.52 bits per heavy atom. The van der Waals surface area contributed by atoms with Crippen molar-refractivity contribution in [2.75, 3.05) is 0 Å². The zero-order chi connectivity index (χ0) is 15.4. The molecule has 1 aliphatic carbocycles. The number of rotatable bonds is 5. The minimum atomic E-state index is -0.864. The third kappa shape index (κ3) is 3.70. The van der Waals surface area contributed by atoms with E-state index in [1.54, 1.807) is 19.1 Å². The second kappa shape index (κ2) is 6.54. The number of carboxylic acid groups (broad SMARTS) is 1. The van der Waals surface area contributed by atoms with Crippen LogP contribution in [0.3, 0.4) is 0 Å². The van der Waals surface area contributed by atoms with Crippen LogP contribution in [0.5, 0.6) is 0 Å². The molecule has 5 heteroatoms. The monoisotopic (exact) mass is 288 g/mol. The summed E-state index contributed by atoms with van der Waals surface area (Å²) in [6.45, 7) is 1.78. The lowest BCUT2D eigenvalue weighted by Gasteiger charge is -2.22. The molecule has 0 spiro atoms. The summed E-state index contributed by atoms with van der Waals surface area (Å²) >= 11 is 0. The lowest BCUT2D eigenvalue weighted by molar-refractivity contribution is -0.140. The normalized spacial score (nSPS) is 23.5. The smallest absolute Gasteiger partial charge is 0.310 e. The predicted molar refractivity (Wildman–Crippen MR) is 79.3 cm³/mol. The van der Waals surface area contributed by atoms with Crippen LogP contribution < -0.4 is 11.1 Å². The summed E-state index contributed by atoms with van der Waals surface area (Å²) in [6.07, 6.45) is 3.75. The van der Waals surface area contributed by atoms with Crippen molar-refractivity contribution in [2.24, 2.45) is 17.6 Å². The van der Waals surface area contributed by atoms with E-state index in [9.17, 15) is 9.59 Å². The van der Waals surface area contributed by atoms with E-state index in [0.29, 0.717) is 6.42 Å². The van der Waals surface area contributed by atoms with Gasteiger partial charge >= 0.3 is 5.97 Å². The number of hydrogen-bond donors (Lipinski definition) is 3. The first kappa shape index (κ1) is 15.3. The third-order valence-electron chi connectivity index (χ3n) is 3.87. The van der Waals surface area contributed by atoms with E-state index in [1.807, 2.05) is 30.3 Å². The Hall–Kier alpha value is -2.14. The van der Waals surface area contributed by atoms with Crippen molar-refractivity contribution in [1.82, 2.24) is 5.32 Å². The molecule has 0 bridgehead atoms. The van der Waals surface area contributed by atoms with Crippen LogP contribution in [-0.2, 0) is 9.59 Å². The third-order valence-corrected chi connectivity index (χ3v) is 3.87. The van der Waals surface area contributed by atoms with Crippen molar-refractivity contribution in [1.29, 1.82) is 0 Å². The Bertz CT molecular complexity index is 542. The van der Waals surface area contributed by atoms with Crippen LogP contribution in [0.15, 0.2) is 42.5 Å². The Morgan fingerprint density at radius 2 is 1.95 bits per heavy atom. The Labute approximate surface area is 123 Å². The van der Waals surface area contributed by atoms with Crippen molar-refractivity contribution in [2.45, 2.75) is 25.4 Å². The summed E-state index contributed by atoms with van der Waals surface area (Å²) in [6, 6.07) is 8.84. The van der Waals surface area contributed by atoms with Gasteiger partial charge in [0.05, 0.1) is 11.8 Å². The summed E-state index contributed by atoms with van der Waals surface area (Å²) in [5, 5.41) is 11.8. The van der Waals surface area contributed by atoms with E-state index in [4.69, 9.17) is 10.8 Å². The van der Waals surface area contributed by atoms with E-state index in [-0.39, 0.29) is 23.9 Å². The first-order valence-electron chi connectivity index (χ1n) is 7.01. The van der Waals surface area contributed by atoms with Gasteiger partial charge in [0.15, 0.2) is 0 Å². The second-order valence-electron chi connectivity index (χ2n) is 5.41. The molecule has 112 valence electrons. The molecule has 0 aromatic heterocycles. The highest BCUT2D eigenvalue weighted by Crippen LogP contribution is 2.22. The Kier molecular flexibility index (Phi) is 4.75. The van der Waals surface area contributed by atoms with Gasteiger partial charge in [-0.05, 0) is 12.0 Å². The molecule has 1 aromatic carbocycles. The number of nitrogens with two attached hydrogens (primary N) is 1. The minimum Gasteiger partial charge on any atom is -0.481 e. The fraction of sp³-hybridized carbons (Fsp3) is 0.375. The average molecular weight is 288 g/mol. The molecule has 0 heterocycles. The lowest BCUT2D eigenvalue weighted by Crippen LogP contribution is -2.40. The molecule has 4 atom stereocenters. The molecule has 2 rings (SSSR count). The Morgan fingerprint density at radius 1 is 1.29 bits per heavy atom. The highest BCUT2D eigenvalue weighted by atomic mass is 16.4. The highest BCUT2D eigenvalue weighted by molar-refractivity contribution is 5.80. The number of carboxylic acids is 1. The summed E-state index contributed by atoms with van der Waals surface area (Å²) in [5.74, 6) is -1.93. The molecule has 0 aliphatic heterocycles. The summed E-state index contributed by atoms with van der Waals surface area (Å²) < 4.78 is 0. The van der Waals surface area contributed by atoms with Crippen molar-refractivity contribution in [3.05, 3.63) is 48.0 Å². The summed E-state index contributed by atoms with van der Waals surface area (Å²) in [5.41, 5.74) is 7.02. The molecule has 4 unspecified atom stereocenters. The zero-order valence-electron chi connectivity index (χ0n) is 11.9. The Balaban J connectivity index is 1.92. The van der Waals surface area contributed by atoms with Crippen molar-refractivity contribution in [3.8, 4) is 0 Å². The van der Waals surface area contributed by atoms with E-state index < -0.39 is 11.9 Å². The molecule has 5 nitrogen and oxygen atoms in total. The van der Waals surface area contributed by atoms with Crippen molar-refractivity contribution < 1.29 is 14.7 Å². The van der Waals surface area contributed by atoms with E-state index >= 15 is 0 Å². The molecular formula is C16H20N2O3. The van der Waals surface area contributed by atoms with E-state index in [1.165, 1.54) is 0 Å². The largest absolute Gasteiger partial charge is 0.481 e. The SMILES string of the molecule is CC(C(=O)NC1C=CC(C(=O)O)C1)C(N)c1ccccc1. The van der Waals surface area contributed by atoms with Crippen LogP contribution in [-0.4, -0.2) is 23.0 Å².